The number of β-amino-alcohol motifs (C(OH)–C–C–N with tert-alkyl or cyclic N) is 1. The van der Waals surface area contributed by atoms with Crippen molar-refractivity contribution in [2.24, 2.45) is 5.92 Å². The number of nitrogens with one attached hydrogen (secondary N) is 1. The predicted molar refractivity (Wildman–Crippen MR) is 90.7 cm³/mol. The van der Waals surface area contributed by atoms with Gasteiger partial charge in [0.15, 0.2) is 0 Å². The Hall–Kier alpha value is -2.61. The number of hydrogen-bond donors (Lipinski definition) is 2. The summed E-state index contributed by atoms with van der Waals surface area (Å²) in [6, 6.07) is 5.78. The van der Waals surface area contributed by atoms with Gasteiger partial charge >= 0.3 is 12.0 Å². The van der Waals surface area contributed by atoms with Crippen molar-refractivity contribution in [3.63, 3.8) is 0 Å². The van der Waals surface area contributed by atoms with E-state index in [2.05, 4.69) is 10.1 Å². The number of urea groups is 1. The number of benzene rings is 1. The molecule has 1 heterocycles. The zero-order valence-corrected chi connectivity index (χ0v) is 14.7. The zero-order valence-electron chi connectivity index (χ0n) is 14.7. The van der Waals surface area contributed by atoms with Gasteiger partial charge in [0.25, 0.3) is 5.91 Å². The van der Waals surface area contributed by atoms with Crippen LogP contribution in [0.1, 0.15) is 30.1 Å². The van der Waals surface area contributed by atoms with Crippen LogP contribution < -0.4 is 10.1 Å². The van der Waals surface area contributed by atoms with Gasteiger partial charge in [-0.25, -0.2) is 9.59 Å². The number of imide groups is 1. The minimum atomic E-state index is -1.02. The highest BCUT2D eigenvalue weighted by Crippen LogP contribution is 2.42. The third kappa shape index (κ3) is 3.50. The zero-order chi connectivity index (χ0) is 18.9. The molecule has 0 spiro atoms. The summed E-state index contributed by atoms with van der Waals surface area (Å²) in [5.74, 6) is -0.122. The number of carbonyl (C=O) groups is 3. The van der Waals surface area contributed by atoms with E-state index in [4.69, 9.17) is 4.74 Å². The Bertz CT molecular complexity index is 715. The SMILES string of the molecule is COC(=O)c1ccc(OCC(O)CN2C(=O)NC(C)(C3CC3)C2=O)cc1. The molecule has 3 rings (SSSR count). The van der Waals surface area contributed by atoms with Crippen LogP contribution in [0.3, 0.4) is 0 Å². The summed E-state index contributed by atoms with van der Waals surface area (Å²) in [7, 11) is 1.30. The maximum absolute atomic E-state index is 12.5. The molecule has 26 heavy (non-hydrogen) atoms. The first-order valence-electron chi connectivity index (χ1n) is 8.48. The van der Waals surface area contributed by atoms with E-state index in [1.54, 1.807) is 31.2 Å². The van der Waals surface area contributed by atoms with Crippen LogP contribution in [0.4, 0.5) is 4.79 Å². The van der Waals surface area contributed by atoms with Crippen molar-refractivity contribution in [3.05, 3.63) is 29.8 Å². The largest absolute Gasteiger partial charge is 0.491 e. The maximum atomic E-state index is 12.5. The fourth-order valence-electron chi connectivity index (χ4n) is 3.08. The lowest BCUT2D eigenvalue weighted by Crippen LogP contribution is -2.46. The van der Waals surface area contributed by atoms with Gasteiger partial charge in [-0.05, 0) is 49.9 Å². The molecular formula is C18H22N2O6. The van der Waals surface area contributed by atoms with Crippen molar-refractivity contribution in [2.75, 3.05) is 20.3 Å². The number of carbonyl (C=O) groups excluding carboxylic acids is 3. The van der Waals surface area contributed by atoms with E-state index in [0.29, 0.717) is 11.3 Å². The summed E-state index contributed by atoms with van der Waals surface area (Å²) in [5.41, 5.74) is -0.472. The Balaban J connectivity index is 1.52. The number of amides is 3. The van der Waals surface area contributed by atoms with Crippen LogP contribution in [-0.2, 0) is 9.53 Å². The van der Waals surface area contributed by atoms with Crippen LogP contribution in [0.5, 0.6) is 5.75 Å². The predicted octanol–water partition coefficient (Wildman–Crippen LogP) is 0.933. The maximum Gasteiger partial charge on any atom is 0.337 e. The Morgan fingerprint density at radius 3 is 2.58 bits per heavy atom. The lowest BCUT2D eigenvalue weighted by atomic mass is 9.96. The normalized spacial score (nSPS) is 23.6. The van der Waals surface area contributed by atoms with Crippen molar-refractivity contribution < 1.29 is 29.0 Å². The van der Waals surface area contributed by atoms with Crippen molar-refractivity contribution in [2.45, 2.75) is 31.4 Å². The first-order chi connectivity index (χ1) is 12.3. The molecule has 0 aromatic heterocycles. The molecule has 1 saturated heterocycles. The molecule has 2 unspecified atom stereocenters. The van der Waals surface area contributed by atoms with Crippen molar-refractivity contribution in [1.29, 1.82) is 0 Å². The van der Waals surface area contributed by atoms with E-state index in [9.17, 15) is 19.5 Å². The first-order valence-corrected chi connectivity index (χ1v) is 8.48. The topological polar surface area (TPSA) is 105 Å². The highest BCUT2D eigenvalue weighted by molar-refractivity contribution is 6.07. The van der Waals surface area contributed by atoms with Crippen LogP contribution in [0.25, 0.3) is 0 Å². The molecular weight excluding hydrogens is 340 g/mol. The van der Waals surface area contributed by atoms with Gasteiger partial charge < -0.3 is 19.9 Å². The smallest absolute Gasteiger partial charge is 0.337 e. The molecule has 140 valence electrons. The molecule has 1 aromatic carbocycles. The van der Waals surface area contributed by atoms with Gasteiger partial charge in [0.1, 0.15) is 24.0 Å². The number of hydrogen-bond acceptors (Lipinski definition) is 6. The summed E-state index contributed by atoms with van der Waals surface area (Å²) in [6.07, 6.45) is 0.819. The Morgan fingerprint density at radius 2 is 2.00 bits per heavy atom. The summed E-state index contributed by atoms with van der Waals surface area (Å²) in [5, 5.41) is 12.9. The van der Waals surface area contributed by atoms with Crippen LogP contribution in [0.15, 0.2) is 24.3 Å². The number of nitrogens with zero attached hydrogens (tertiary/aromatic N) is 1. The molecule has 3 amide bonds. The number of esters is 1. The summed E-state index contributed by atoms with van der Waals surface area (Å²) >= 11 is 0. The monoisotopic (exact) mass is 362 g/mol. The molecule has 2 atom stereocenters. The molecule has 1 saturated carbocycles. The van der Waals surface area contributed by atoms with Crippen molar-refractivity contribution in [1.82, 2.24) is 10.2 Å². The summed E-state index contributed by atoms with van der Waals surface area (Å²) in [6.45, 7) is 1.51. The number of methoxy groups -OCH3 is 1. The average Bonchev–Trinajstić information content (AvgIpc) is 3.46. The number of ether oxygens (including phenoxy) is 2. The Kier molecular flexibility index (Phi) is 4.86. The van der Waals surface area contributed by atoms with E-state index in [0.717, 1.165) is 17.7 Å². The van der Waals surface area contributed by atoms with Gasteiger partial charge in [0, 0.05) is 0 Å². The van der Waals surface area contributed by atoms with Crippen molar-refractivity contribution in [3.8, 4) is 5.75 Å². The molecule has 8 heteroatoms. The second kappa shape index (κ2) is 6.95. The third-order valence-electron chi connectivity index (χ3n) is 4.81. The van der Waals surface area contributed by atoms with E-state index >= 15 is 0 Å². The molecule has 1 aliphatic carbocycles. The van der Waals surface area contributed by atoms with E-state index in [-0.39, 0.29) is 25.0 Å². The average molecular weight is 362 g/mol. The highest BCUT2D eigenvalue weighted by Gasteiger charge is 2.56. The number of aliphatic hydroxyl groups excluding tert-OH is 1. The van der Waals surface area contributed by atoms with E-state index in [1.165, 1.54) is 7.11 Å². The molecule has 0 bridgehead atoms. The second-order valence-electron chi connectivity index (χ2n) is 6.80. The third-order valence-corrected chi connectivity index (χ3v) is 4.81. The molecule has 2 N–H and O–H groups in total. The van der Waals surface area contributed by atoms with Gasteiger partial charge in [0.05, 0.1) is 19.2 Å². The fraction of sp³-hybridized carbons (Fsp3) is 0.500. The second-order valence-corrected chi connectivity index (χ2v) is 6.80. The lowest BCUT2D eigenvalue weighted by Gasteiger charge is -2.22. The van der Waals surface area contributed by atoms with Crippen LogP contribution in [-0.4, -0.2) is 59.8 Å². The van der Waals surface area contributed by atoms with E-state index < -0.39 is 23.6 Å². The van der Waals surface area contributed by atoms with E-state index in [1.807, 2.05) is 0 Å². The van der Waals surface area contributed by atoms with Crippen molar-refractivity contribution >= 4 is 17.9 Å². The standard InChI is InChI=1S/C18H22N2O6/c1-18(12-5-6-12)16(23)20(17(24)19-18)9-13(21)10-26-14-7-3-11(4-8-14)15(22)25-2/h3-4,7-8,12-13,21H,5-6,9-10H2,1-2H3,(H,19,24). The molecule has 1 aliphatic heterocycles. The van der Waals surface area contributed by atoms with Gasteiger partial charge in [-0.1, -0.05) is 0 Å². The molecule has 0 radical (unpaired) electrons. The quantitative estimate of drug-likeness (QED) is 0.552. The van der Waals surface area contributed by atoms with Crippen LogP contribution >= 0.6 is 0 Å². The first kappa shape index (κ1) is 18.2. The number of aliphatic hydroxyl groups is 1. The molecule has 1 aromatic rings. The molecule has 8 nitrogen and oxygen atoms in total. The van der Waals surface area contributed by atoms with Gasteiger partial charge in [-0.3, -0.25) is 9.69 Å². The molecule has 2 aliphatic rings. The van der Waals surface area contributed by atoms with Gasteiger partial charge in [-0.15, -0.1) is 0 Å². The Morgan fingerprint density at radius 1 is 1.35 bits per heavy atom. The summed E-state index contributed by atoms with van der Waals surface area (Å²) < 4.78 is 10.1. The van der Waals surface area contributed by atoms with Gasteiger partial charge in [-0.2, -0.15) is 0 Å². The van der Waals surface area contributed by atoms with Gasteiger partial charge in [0.2, 0.25) is 0 Å². The minimum Gasteiger partial charge on any atom is -0.491 e. The van der Waals surface area contributed by atoms with Crippen LogP contribution in [0, 0.1) is 5.92 Å². The number of rotatable bonds is 7. The highest BCUT2D eigenvalue weighted by atomic mass is 16.5. The summed E-state index contributed by atoms with van der Waals surface area (Å²) in [4.78, 5) is 37.0. The lowest BCUT2D eigenvalue weighted by molar-refractivity contribution is -0.132. The Labute approximate surface area is 151 Å². The minimum absolute atomic E-state index is 0.0885. The molecule has 2 fully saturated rings. The van der Waals surface area contributed by atoms with Crippen LogP contribution in [0.2, 0.25) is 0 Å². The fourth-order valence-corrected chi connectivity index (χ4v) is 3.08.